The Bertz CT molecular complexity index is 421. The van der Waals surface area contributed by atoms with Crippen molar-refractivity contribution in [3.8, 4) is 5.69 Å². The molecule has 0 aliphatic carbocycles. The second kappa shape index (κ2) is 3.71. The van der Waals surface area contributed by atoms with Crippen molar-refractivity contribution in [2.75, 3.05) is 12.0 Å². The number of thioether (sulfide) groups is 1. The zero-order chi connectivity index (χ0) is 9.97. The van der Waals surface area contributed by atoms with Gasteiger partial charge in [-0.2, -0.15) is 0 Å². The molecule has 0 spiro atoms. The van der Waals surface area contributed by atoms with Crippen molar-refractivity contribution < 1.29 is 0 Å². The van der Waals surface area contributed by atoms with Gasteiger partial charge in [0.05, 0.1) is 11.9 Å². The Labute approximate surface area is 86.1 Å². The van der Waals surface area contributed by atoms with Gasteiger partial charge in [0.2, 0.25) is 0 Å². The summed E-state index contributed by atoms with van der Waals surface area (Å²) in [4.78, 5) is 1.22. The van der Waals surface area contributed by atoms with E-state index in [0.29, 0.717) is 5.82 Å². The van der Waals surface area contributed by atoms with Crippen LogP contribution in [-0.4, -0.2) is 21.2 Å². The molecule has 1 aromatic heterocycles. The fourth-order valence-corrected chi connectivity index (χ4v) is 1.55. The topological polar surface area (TPSA) is 56.7 Å². The maximum Gasteiger partial charge on any atom is 0.166 e. The number of nitrogen functional groups attached to an aromatic ring is 1. The molecule has 5 heteroatoms. The molecular formula is C9H10N4S. The summed E-state index contributed by atoms with van der Waals surface area (Å²) in [6.07, 6.45) is 3.73. The Hall–Kier alpha value is -1.49. The van der Waals surface area contributed by atoms with Gasteiger partial charge in [-0.1, -0.05) is 5.21 Å². The van der Waals surface area contributed by atoms with E-state index in [2.05, 4.69) is 10.3 Å². The highest BCUT2D eigenvalue weighted by molar-refractivity contribution is 7.98. The van der Waals surface area contributed by atoms with Gasteiger partial charge in [-0.25, -0.2) is 4.68 Å². The molecule has 14 heavy (non-hydrogen) atoms. The maximum absolute atomic E-state index is 5.47. The lowest BCUT2D eigenvalue weighted by atomic mass is 10.3. The van der Waals surface area contributed by atoms with Crippen molar-refractivity contribution in [1.82, 2.24) is 15.0 Å². The molecule has 0 saturated carbocycles. The van der Waals surface area contributed by atoms with Gasteiger partial charge in [0.25, 0.3) is 0 Å². The Morgan fingerprint density at radius 1 is 1.29 bits per heavy atom. The number of nitrogens with two attached hydrogens (primary N) is 1. The summed E-state index contributed by atoms with van der Waals surface area (Å²) in [7, 11) is 0. The molecule has 0 radical (unpaired) electrons. The van der Waals surface area contributed by atoms with Crippen molar-refractivity contribution >= 4 is 17.6 Å². The van der Waals surface area contributed by atoms with Crippen LogP contribution in [0.4, 0.5) is 5.82 Å². The van der Waals surface area contributed by atoms with Crippen LogP contribution in [0.25, 0.3) is 5.69 Å². The standard InChI is InChI=1S/C9H10N4S/c1-14-8-4-2-7(3-5-8)13-6-9(10)11-12-13/h2-6H,10H2,1H3. The van der Waals surface area contributed by atoms with Gasteiger partial charge < -0.3 is 5.73 Å². The van der Waals surface area contributed by atoms with E-state index in [4.69, 9.17) is 5.73 Å². The highest BCUT2D eigenvalue weighted by Crippen LogP contribution is 2.16. The Morgan fingerprint density at radius 3 is 2.50 bits per heavy atom. The molecule has 2 rings (SSSR count). The number of rotatable bonds is 2. The number of hydrogen-bond donors (Lipinski definition) is 1. The van der Waals surface area contributed by atoms with Gasteiger partial charge in [0.1, 0.15) is 0 Å². The quantitative estimate of drug-likeness (QED) is 0.758. The zero-order valence-electron chi connectivity index (χ0n) is 7.71. The van der Waals surface area contributed by atoms with Crippen LogP contribution in [0, 0.1) is 0 Å². The molecule has 0 saturated heterocycles. The third-order valence-electron chi connectivity index (χ3n) is 1.85. The van der Waals surface area contributed by atoms with Gasteiger partial charge >= 0.3 is 0 Å². The number of hydrogen-bond acceptors (Lipinski definition) is 4. The molecule has 2 aromatic rings. The molecule has 0 bridgehead atoms. The van der Waals surface area contributed by atoms with Crippen LogP contribution < -0.4 is 5.73 Å². The number of benzene rings is 1. The fourth-order valence-electron chi connectivity index (χ4n) is 1.14. The average molecular weight is 206 g/mol. The van der Waals surface area contributed by atoms with Crippen molar-refractivity contribution in [2.45, 2.75) is 4.90 Å². The second-order valence-electron chi connectivity index (χ2n) is 2.79. The minimum Gasteiger partial charge on any atom is -0.381 e. The van der Waals surface area contributed by atoms with E-state index in [1.807, 2.05) is 30.5 Å². The molecule has 4 nitrogen and oxygen atoms in total. The highest BCUT2D eigenvalue weighted by Gasteiger charge is 1.99. The second-order valence-corrected chi connectivity index (χ2v) is 3.67. The maximum atomic E-state index is 5.47. The van der Waals surface area contributed by atoms with Gasteiger partial charge in [-0.05, 0) is 30.5 Å². The van der Waals surface area contributed by atoms with E-state index < -0.39 is 0 Å². The molecule has 0 aliphatic heterocycles. The lowest BCUT2D eigenvalue weighted by Crippen LogP contribution is -1.94. The van der Waals surface area contributed by atoms with Crippen molar-refractivity contribution in [1.29, 1.82) is 0 Å². The van der Waals surface area contributed by atoms with Crippen LogP contribution in [0.1, 0.15) is 0 Å². The SMILES string of the molecule is CSc1ccc(-n2cc(N)nn2)cc1. The molecule has 0 amide bonds. The van der Waals surface area contributed by atoms with Crippen molar-refractivity contribution in [3.63, 3.8) is 0 Å². The van der Waals surface area contributed by atoms with Gasteiger partial charge in [-0.3, -0.25) is 0 Å². The Morgan fingerprint density at radius 2 is 2.00 bits per heavy atom. The average Bonchev–Trinajstić information content (AvgIpc) is 2.65. The molecule has 72 valence electrons. The van der Waals surface area contributed by atoms with Gasteiger partial charge in [-0.15, -0.1) is 16.9 Å². The van der Waals surface area contributed by atoms with Crippen LogP contribution in [0.2, 0.25) is 0 Å². The van der Waals surface area contributed by atoms with E-state index in [-0.39, 0.29) is 0 Å². The molecule has 2 N–H and O–H groups in total. The molecule has 0 aliphatic rings. The predicted octanol–water partition coefficient (Wildman–Crippen LogP) is 1.57. The molecule has 0 atom stereocenters. The molecule has 1 aromatic carbocycles. The minimum atomic E-state index is 0.430. The van der Waals surface area contributed by atoms with E-state index in [0.717, 1.165) is 5.69 Å². The summed E-state index contributed by atoms with van der Waals surface area (Å²) in [5, 5.41) is 7.60. The third-order valence-corrected chi connectivity index (χ3v) is 2.59. The lowest BCUT2D eigenvalue weighted by Gasteiger charge is -2.00. The molecule has 0 fully saturated rings. The first-order chi connectivity index (χ1) is 6.79. The molecular weight excluding hydrogens is 196 g/mol. The van der Waals surface area contributed by atoms with E-state index >= 15 is 0 Å². The summed E-state index contributed by atoms with van der Waals surface area (Å²) in [5.41, 5.74) is 6.44. The summed E-state index contributed by atoms with van der Waals surface area (Å²) >= 11 is 1.71. The van der Waals surface area contributed by atoms with Crippen LogP contribution in [-0.2, 0) is 0 Å². The van der Waals surface area contributed by atoms with E-state index in [9.17, 15) is 0 Å². The van der Waals surface area contributed by atoms with Crippen LogP contribution in [0.3, 0.4) is 0 Å². The van der Waals surface area contributed by atoms with Crippen molar-refractivity contribution in [2.24, 2.45) is 0 Å². The van der Waals surface area contributed by atoms with Crippen LogP contribution in [0.5, 0.6) is 0 Å². The summed E-state index contributed by atoms with van der Waals surface area (Å²) in [6, 6.07) is 8.05. The number of anilines is 1. The minimum absolute atomic E-state index is 0.430. The first-order valence-electron chi connectivity index (χ1n) is 4.12. The summed E-state index contributed by atoms with van der Waals surface area (Å²) < 4.78 is 1.65. The van der Waals surface area contributed by atoms with Crippen LogP contribution >= 0.6 is 11.8 Å². The Kier molecular flexibility index (Phi) is 2.41. The summed E-state index contributed by atoms with van der Waals surface area (Å²) in [5.74, 6) is 0.430. The van der Waals surface area contributed by atoms with Crippen molar-refractivity contribution in [3.05, 3.63) is 30.5 Å². The largest absolute Gasteiger partial charge is 0.381 e. The Balaban J connectivity index is 2.33. The van der Waals surface area contributed by atoms with Crippen LogP contribution in [0.15, 0.2) is 35.4 Å². The smallest absolute Gasteiger partial charge is 0.166 e. The van der Waals surface area contributed by atoms with Gasteiger partial charge in [0.15, 0.2) is 5.82 Å². The van der Waals surface area contributed by atoms with E-state index in [1.165, 1.54) is 4.90 Å². The van der Waals surface area contributed by atoms with E-state index in [1.54, 1.807) is 22.6 Å². The zero-order valence-corrected chi connectivity index (χ0v) is 8.53. The normalized spacial score (nSPS) is 10.4. The highest BCUT2D eigenvalue weighted by atomic mass is 32.2. The monoisotopic (exact) mass is 206 g/mol. The lowest BCUT2D eigenvalue weighted by molar-refractivity contribution is 0.803. The summed E-state index contributed by atoms with van der Waals surface area (Å²) in [6.45, 7) is 0. The predicted molar refractivity (Wildman–Crippen MR) is 57.6 cm³/mol. The first kappa shape index (κ1) is 9.08. The third kappa shape index (κ3) is 1.72. The molecule has 0 unspecified atom stereocenters. The number of aromatic nitrogens is 3. The number of nitrogens with zero attached hydrogens (tertiary/aromatic N) is 3. The fraction of sp³-hybridized carbons (Fsp3) is 0.111. The first-order valence-corrected chi connectivity index (χ1v) is 5.34. The molecule has 1 heterocycles. The van der Waals surface area contributed by atoms with Gasteiger partial charge in [0, 0.05) is 4.90 Å².